The highest BCUT2D eigenvalue weighted by Crippen LogP contribution is 2.42. The topological polar surface area (TPSA) is 73.8 Å². The number of hydrogen-bond acceptors (Lipinski definition) is 8. The van der Waals surface area contributed by atoms with Crippen LogP contribution >= 0.6 is 0 Å². The van der Waals surface area contributed by atoms with Gasteiger partial charge in [-0.2, -0.15) is 0 Å². The summed E-state index contributed by atoms with van der Waals surface area (Å²) in [5.41, 5.74) is 2.27. The fourth-order valence-electron chi connectivity index (χ4n) is 6.89. The zero-order valence-corrected chi connectivity index (χ0v) is 54.8. The van der Waals surface area contributed by atoms with Gasteiger partial charge in [-0.1, -0.05) is 127 Å². The third-order valence-electron chi connectivity index (χ3n) is 16.4. The van der Waals surface area contributed by atoms with E-state index in [1.54, 1.807) is 14.2 Å². The van der Waals surface area contributed by atoms with Crippen LogP contribution in [-0.2, 0) is 40.4 Å². The molecule has 0 unspecified atom stereocenters. The Morgan fingerprint density at radius 3 is 1.12 bits per heavy atom. The third-order valence-corrected chi connectivity index (χ3v) is 34.5. The Hall–Kier alpha value is -2.03. The maximum Gasteiger partial charge on any atom is 0.192 e. The summed E-state index contributed by atoms with van der Waals surface area (Å²) >= 11 is 0. The Morgan fingerprint density at radius 2 is 0.847 bits per heavy atom. The molecule has 0 saturated heterocycles. The highest BCUT2D eigenvalue weighted by molar-refractivity contribution is 6.75. The van der Waals surface area contributed by atoms with Crippen LogP contribution in [0.1, 0.15) is 147 Å². The smallest absolute Gasteiger partial charge is 0.192 e. The summed E-state index contributed by atoms with van der Waals surface area (Å²) < 4.78 is 50.7. The van der Waals surface area contributed by atoms with Gasteiger partial charge in [-0.05, 0) is 152 Å². The molecule has 6 atom stereocenters. The molecule has 0 saturated carbocycles. The Kier molecular flexibility index (Phi) is 27.8. The van der Waals surface area contributed by atoms with Gasteiger partial charge >= 0.3 is 0 Å². The first-order valence-corrected chi connectivity index (χ1v) is 38.7. The van der Waals surface area contributed by atoms with Gasteiger partial charge in [0.05, 0.1) is 51.8 Å². The first kappa shape index (κ1) is 68.0. The Labute approximate surface area is 448 Å². The molecule has 414 valence electrons. The van der Waals surface area contributed by atoms with Crippen molar-refractivity contribution >= 4 is 33.3 Å². The maximum absolute atomic E-state index is 6.99. The van der Waals surface area contributed by atoms with E-state index in [1.165, 1.54) is 0 Å². The predicted octanol–water partition coefficient (Wildman–Crippen LogP) is 17.4. The molecular formula is C60H110O8Si4. The van der Waals surface area contributed by atoms with Crippen molar-refractivity contribution in [2.45, 2.75) is 246 Å². The standard InChI is InChI=1S/C30H56O4Si2.C30H54O4Si2/c2*1-14-15-24(2)28(34-36(12,13)30(6,7)8)22-27(20-21-33-35(10,11)29(3,4)5)32-23-25-16-18-26(31-9)19-17-25/h14,16-19,24,27-28H,1,15,20-23H2,2-13H3;1,16-19,24,27-28H,15,20-23H2,2-13H3/t2*24-,27-,28+/m11/s1. The molecular weight excluding hydrogens is 961 g/mol. The normalized spacial score (nSPS) is 15.8. The highest BCUT2D eigenvalue weighted by atomic mass is 28.4. The third kappa shape index (κ3) is 23.5. The lowest BCUT2D eigenvalue weighted by atomic mass is 9.95. The molecule has 0 amide bonds. The zero-order chi connectivity index (χ0) is 55.6. The van der Waals surface area contributed by atoms with E-state index in [1.807, 2.05) is 30.3 Å². The quantitative estimate of drug-likeness (QED) is 0.0453. The molecule has 8 nitrogen and oxygen atoms in total. The van der Waals surface area contributed by atoms with E-state index < -0.39 is 33.3 Å². The van der Waals surface area contributed by atoms with Crippen molar-refractivity contribution < 1.29 is 36.7 Å². The fourth-order valence-corrected chi connectivity index (χ4v) is 11.9. The van der Waals surface area contributed by atoms with Crippen molar-refractivity contribution in [3.63, 3.8) is 0 Å². The van der Waals surface area contributed by atoms with Crippen LogP contribution in [0.25, 0.3) is 0 Å². The van der Waals surface area contributed by atoms with Crippen molar-refractivity contribution in [3.8, 4) is 23.8 Å². The van der Waals surface area contributed by atoms with Gasteiger partial charge in [0.15, 0.2) is 33.3 Å². The second-order valence-electron chi connectivity index (χ2n) is 26.5. The summed E-state index contributed by atoms with van der Waals surface area (Å²) in [6.07, 6.45) is 13.0. The SMILES string of the molecule is C#CC[C@@H](C)[C@H](C[C@@H](CCO[Si](C)(C)C(C)(C)C)OCc1ccc(OC)cc1)O[Si](C)(C)C(C)(C)C.C=CC[C@@H](C)[C@H](C[C@@H](CCO[Si](C)(C)C(C)(C)C)OCc1ccc(OC)cc1)O[Si](C)(C)C(C)(C)C. The molecule has 0 aliphatic heterocycles. The first-order chi connectivity index (χ1) is 32.9. The number of ether oxygens (including phenoxy) is 4. The van der Waals surface area contributed by atoms with Crippen molar-refractivity contribution in [1.82, 2.24) is 0 Å². The summed E-state index contributed by atoms with van der Waals surface area (Å²) in [6.45, 7) is 57.0. The first-order valence-electron chi connectivity index (χ1n) is 27.0. The molecule has 0 bridgehead atoms. The number of methoxy groups -OCH3 is 2. The van der Waals surface area contributed by atoms with Crippen molar-refractivity contribution in [2.24, 2.45) is 11.8 Å². The summed E-state index contributed by atoms with van der Waals surface area (Å²) in [5, 5.41) is 0.663. The van der Waals surface area contributed by atoms with E-state index in [0.29, 0.717) is 38.8 Å². The van der Waals surface area contributed by atoms with E-state index >= 15 is 0 Å². The molecule has 0 spiro atoms. The molecule has 72 heavy (non-hydrogen) atoms. The Bertz CT molecular complexity index is 1860. The molecule has 0 fully saturated rings. The van der Waals surface area contributed by atoms with Crippen molar-refractivity contribution in [2.75, 3.05) is 27.4 Å². The van der Waals surface area contributed by atoms with Crippen molar-refractivity contribution in [1.29, 1.82) is 0 Å². The van der Waals surface area contributed by atoms with Crippen LogP contribution in [0.4, 0.5) is 0 Å². The minimum absolute atomic E-state index is 0.0202. The van der Waals surface area contributed by atoms with E-state index in [-0.39, 0.29) is 50.5 Å². The number of allylic oxidation sites excluding steroid dienone is 1. The monoisotopic (exact) mass is 1070 g/mol. The second-order valence-corrected chi connectivity index (χ2v) is 45.7. The van der Waals surface area contributed by atoms with Crippen LogP contribution in [-0.4, -0.2) is 85.1 Å². The zero-order valence-electron chi connectivity index (χ0n) is 50.8. The lowest BCUT2D eigenvalue weighted by Crippen LogP contribution is -2.46. The van der Waals surface area contributed by atoms with Crippen LogP contribution in [0.2, 0.25) is 72.5 Å². The van der Waals surface area contributed by atoms with Crippen LogP contribution in [0.15, 0.2) is 61.2 Å². The lowest BCUT2D eigenvalue weighted by Gasteiger charge is -2.42. The molecule has 2 aromatic carbocycles. The van der Waals surface area contributed by atoms with E-state index in [0.717, 1.165) is 54.7 Å². The van der Waals surface area contributed by atoms with Crippen molar-refractivity contribution in [3.05, 3.63) is 72.3 Å². The number of benzene rings is 2. The highest BCUT2D eigenvalue weighted by Gasteiger charge is 2.43. The van der Waals surface area contributed by atoms with Gasteiger partial charge in [-0.15, -0.1) is 18.9 Å². The summed E-state index contributed by atoms with van der Waals surface area (Å²) in [4.78, 5) is 0. The fraction of sp³-hybridized carbons (Fsp3) is 0.733. The second kappa shape index (κ2) is 29.5. The molecule has 0 heterocycles. The van der Waals surface area contributed by atoms with E-state index in [9.17, 15) is 0 Å². The van der Waals surface area contributed by atoms with E-state index in [2.05, 4.69) is 186 Å². The molecule has 0 N–H and O–H groups in total. The molecule has 0 aliphatic rings. The van der Waals surface area contributed by atoms with Gasteiger partial charge in [0, 0.05) is 19.6 Å². The van der Waals surface area contributed by atoms with Gasteiger partial charge in [0.2, 0.25) is 0 Å². The average Bonchev–Trinajstić information content (AvgIpc) is 3.25. The molecule has 2 rings (SSSR count). The van der Waals surface area contributed by atoms with Crippen LogP contribution in [0, 0.1) is 24.2 Å². The van der Waals surface area contributed by atoms with Crippen LogP contribution < -0.4 is 9.47 Å². The maximum atomic E-state index is 6.99. The summed E-state index contributed by atoms with van der Waals surface area (Å²) in [7, 11) is -4.18. The Morgan fingerprint density at radius 1 is 0.528 bits per heavy atom. The molecule has 0 radical (unpaired) electrons. The number of rotatable bonds is 29. The Balaban J connectivity index is 0.000000720. The summed E-state index contributed by atoms with van der Waals surface area (Å²) in [5.74, 6) is 5.21. The largest absolute Gasteiger partial charge is 0.497 e. The van der Waals surface area contributed by atoms with Crippen LogP contribution in [0.5, 0.6) is 11.5 Å². The molecule has 0 aromatic heterocycles. The van der Waals surface area contributed by atoms with Gasteiger partial charge in [0.25, 0.3) is 0 Å². The molecule has 12 heteroatoms. The molecule has 0 aliphatic carbocycles. The number of hydrogen-bond donors (Lipinski definition) is 0. The molecule has 2 aromatic rings. The average molecular weight is 1070 g/mol. The predicted molar refractivity (Wildman–Crippen MR) is 319 cm³/mol. The minimum atomic E-state index is -1.97. The van der Waals surface area contributed by atoms with Gasteiger partial charge in [0.1, 0.15) is 11.5 Å². The van der Waals surface area contributed by atoms with Gasteiger partial charge in [-0.3, -0.25) is 0 Å². The summed E-state index contributed by atoms with van der Waals surface area (Å²) in [6, 6.07) is 16.2. The number of terminal acetylenes is 1. The van der Waals surface area contributed by atoms with E-state index in [4.69, 9.17) is 43.1 Å². The minimum Gasteiger partial charge on any atom is -0.497 e. The van der Waals surface area contributed by atoms with Crippen LogP contribution in [0.3, 0.4) is 0 Å². The van der Waals surface area contributed by atoms with Gasteiger partial charge < -0.3 is 36.7 Å². The van der Waals surface area contributed by atoms with Gasteiger partial charge in [-0.25, -0.2) is 0 Å². The lowest BCUT2D eigenvalue weighted by molar-refractivity contribution is -0.0156.